The SMILES string of the molecule is COC(=O)c1ccc(CN=O)s1. The molecule has 0 atom stereocenters. The van der Waals surface area contributed by atoms with Crippen LogP contribution in [0.15, 0.2) is 17.3 Å². The highest BCUT2D eigenvalue weighted by Gasteiger charge is 2.08. The first-order valence-electron chi connectivity index (χ1n) is 3.24. The van der Waals surface area contributed by atoms with Crippen LogP contribution >= 0.6 is 11.3 Å². The van der Waals surface area contributed by atoms with Crippen molar-refractivity contribution < 1.29 is 9.53 Å². The molecule has 1 heterocycles. The molecule has 0 aliphatic rings. The van der Waals surface area contributed by atoms with E-state index in [1.807, 2.05) is 0 Å². The van der Waals surface area contributed by atoms with Crippen molar-refractivity contribution >= 4 is 17.3 Å². The summed E-state index contributed by atoms with van der Waals surface area (Å²) in [4.78, 5) is 22.0. The Balaban J connectivity index is 2.76. The number of nitrogens with zero attached hydrogens (tertiary/aromatic N) is 1. The Hall–Kier alpha value is -1.23. The van der Waals surface area contributed by atoms with Gasteiger partial charge in [-0.3, -0.25) is 0 Å². The summed E-state index contributed by atoms with van der Waals surface area (Å²) in [5.41, 5.74) is 0. The van der Waals surface area contributed by atoms with Crippen LogP contribution in [0.4, 0.5) is 0 Å². The fourth-order valence-electron chi connectivity index (χ4n) is 0.737. The first kappa shape index (κ1) is 8.86. The molecule has 0 aromatic carbocycles. The second-order valence-electron chi connectivity index (χ2n) is 2.04. The van der Waals surface area contributed by atoms with Gasteiger partial charge in [0.1, 0.15) is 11.4 Å². The summed E-state index contributed by atoms with van der Waals surface area (Å²) in [6.45, 7) is 0.113. The molecule has 0 saturated carbocycles. The first-order valence-corrected chi connectivity index (χ1v) is 4.05. The summed E-state index contributed by atoms with van der Waals surface area (Å²) in [5.74, 6) is -0.378. The van der Waals surface area contributed by atoms with Crippen LogP contribution in [-0.2, 0) is 11.3 Å². The molecule has 0 bridgehead atoms. The average Bonchev–Trinajstić information content (AvgIpc) is 2.52. The molecule has 4 nitrogen and oxygen atoms in total. The molecule has 0 unspecified atom stereocenters. The quantitative estimate of drug-likeness (QED) is 0.533. The first-order chi connectivity index (χ1) is 5.77. The van der Waals surface area contributed by atoms with Crippen molar-refractivity contribution in [1.82, 2.24) is 0 Å². The number of methoxy groups -OCH3 is 1. The minimum Gasteiger partial charge on any atom is -0.465 e. The molecule has 0 N–H and O–H groups in total. The summed E-state index contributed by atoms with van der Waals surface area (Å²) in [6.07, 6.45) is 0. The van der Waals surface area contributed by atoms with Gasteiger partial charge < -0.3 is 4.74 Å². The number of hydrogen-bond acceptors (Lipinski definition) is 5. The van der Waals surface area contributed by atoms with Crippen molar-refractivity contribution in [3.63, 3.8) is 0 Å². The maximum atomic E-state index is 10.9. The number of ether oxygens (including phenoxy) is 1. The third-order valence-corrected chi connectivity index (χ3v) is 2.32. The van der Waals surface area contributed by atoms with Crippen molar-refractivity contribution in [3.8, 4) is 0 Å². The van der Waals surface area contributed by atoms with Gasteiger partial charge in [-0.15, -0.1) is 11.3 Å². The molecule has 5 heteroatoms. The number of carbonyl (C=O) groups is 1. The van der Waals surface area contributed by atoms with Gasteiger partial charge in [-0.05, 0) is 12.1 Å². The van der Waals surface area contributed by atoms with Crippen LogP contribution in [0, 0.1) is 4.91 Å². The van der Waals surface area contributed by atoms with Gasteiger partial charge in [0, 0.05) is 4.88 Å². The molecule has 1 aromatic heterocycles. The number of thiophene rings is 1. The van der Waals surface area contributed by atoms with Crippen molar-refractivity contribution in [2.75, 3.05) is 7.11 Å². The van der Waals surface area contributed by atoms with Crippen LogP contribution in [0.5, 0.6) is 0 Å². The highest BCUT2D eigenvalue weighted by atomic mass is 32.1. The maximum Gasteiger partial charge on any atom is 0.348 e. The van der Waals surface area contributed by atoms with E-state index in [9.17, 15) is 9.70 Å². The molecule has 0 aliphatic carbocycles. The largest absolute Gasteiger partial charge is 0.465 e. The second kappa shape index (κ2) is 3.96. The van der Waals surface area contributed by atoms with E-state index in [0.29, 0.717) is 4.88 Å². The van der Waals surface area contributed by atoms with Gasteiger partial charge in [-0.25, -0.2) is 4.79 Å². The molecule has 1 rings (SSSR count). The van der Waals surface area contributed by atoms with Crippen molar-refractivity contribution in [1.29, 1.82) is 0 Å². The Morgan fingerprint density at radius 1 is 1.67 bits per heavy atom. The van der Waals surface area contributed by atoms with Crippen LogP contribution in [0.2, 0.25) is 0 Å². The Kier molecular flexibility index (Phi) is 2.93. The topological polar surface area (TPSA) is 55.7 Å². The average molecular weight is 185 g/mol. The predicted molar refractivity (Wildman–Crippen MR) is 45.2 cm³/mol. The van der Waals surface area contributed by atoms with E-state index < -0.39 is 0 Å². The van der Waals surface area contributed by atoms with E-state index in [1.165, 1.54) is 18.4 Å². The van der Waals surface area contributed by atoms with Crippen LogP contribution in [0.3, 0.4) is 0 Å². The predicted octanol–water partition coefficient (Wildman–Crippen LogP) is 1.80. The molecule has 0 aliphatic heterocycles. The summed E-state index contributed by atoms with van der Waals surface area (Å²) >= 11 is 1.22. The summed E-state index contributed by atoms with van der Waals surface area (Å²) < 4.78 is 4.49. The van der Waals surface area contributed by atoms with E-state index in [0.717, 1.165) is 4.88 Å². The van der Waals surface area contributed by atoms with E-state index >= 15 is 0 Å². The number of carbonyl (C=O) groups excluding carboxylic acids is 1. The molecule has 0 radical (unpaired) electrons. The van der Waals surface area contributed by atoms with E-state index in [4.69, 9.17) is 0 Å². The van der Waals surface area contributed by atoms with Gasteiger partial charge >= 0.3 is 5.97 Å². The number of rotatable bonds is 3. The molecule has 0 saturated heterocycles. The maximum absolute atomic E-state index is 10.9. The third-order valence-electron chi connectivity index (χ3n) is 1.27. The number of hydrogen-bond donors (Lipinski definition) is 0. The van der Waals surface area contributed by atoms with E-state index in [-0.39, 0.29) is 12.5 Å². The van der Waals surface area contributed by atoms with Crippen LogP contribution in [-0.4, -0.2) is 13.1 Å². The zero-order valence-corrected chi connectivity index (χ0v) is 7.26. The number of nitroso groups, excluding NO2 is 1. The summed E-state index contributed by atoms with van der Waals surface area (Å²) in [7, 11) is 1.32. The minimum absolute atomic E-state index is 0.113. The van der Waals surface area contributed by atoms with Gasteiger partial charge in [0.15, 0.2) is 0 Å². The highest BCUT2D eigenvalue weighted by Crippen LogP contribution is 2.17. The van der Waals surface area contributed by atoms with Crippen molar-refractivity contribution in [2.24, 2.45) is 5.18 Å². The Morgan fingerprint density at radius 3 is 3.00 bits per heavy atom. The molecular formula is C7H7NO3S. The van der Waals surface area contributed by atoms with Crippen molar-refractivity contribution in [2.45, 2.75) is 6.54 Å². The van der Waals surface area contributed by atoms with E-state index in [2.05, 4.69) is 9.91 Å². The van der Waals surface area contributed by atoms with Crippen LogP contribution in [0.25, 0.3) is 0 Å². The van der Waals surface area contributed by atoms with Gasteiger partial charge in [-0.2, -0.15) is 4.91 Å². The Morgan fingerprint density at radius 2 is 2.42 bits per heavy atom. The smallest absolute Gasteiger partial charge is 0.348 e. The Labute approximate surface area is 73.1 Å². The van der Waals surface area contributed by atoms with Crippen LogP contribution < -0.4 is 0 Å². The summed E-state index contributed by atoms with van der Waals surface area (Å²) in [5, 5.41) is 2.71. The number of esters is 1. The normalized spacial score (nSPS) is 9.42. The van der Waals surface area contributed by atoms with E-state index in [1.54, 1.807) is 12.1 Å². The molecular weight excluding hydrogens is 178 g/mol. The highest BCUT2D eigenvalue weighted by molar-refractivity contribution is 7.13. The third kappa shape index (κ3) is 1.88. The molecule has 1 aromatic rings. The second-order valence-corrected chi connectivity index (χ2v) is 3.21. The minimum atomic E-state index is -0.378. The summed E-state index contributed by atoms with van der Waals surface area (Å²) in [6, 6.07) is 3.31. The standard InChI is InChI=1S/C7H7NO3S/c1-11-7(9)6-3-2-5(12-6)4-8-10/h2-3H,4H2,1H3. The van der Waals surface area contributed by atoms with Gasteiger partial charge in [0.2, 0.25) is 0 Å². The monoisotopic (exact) mass is 185 g/mol. The fraction of sp³-hybridized carbons (Fsp3) is 0.286. The lowest BCUT2D eigenvalue weighted by molar-refractivity contribution is 0.0606. The van der Waals surface area contributed by atoms with Gasteiger partial charge in [0.25, 0.3) is 0 Å². The molecule has 12 heavy (non-hydrogen) atoms. The molecule has 64 valence electrons. The van der Waals surface area contributed by atoms with Gasteiger partial charge in [-0.1, -0.05) is 5.18 Å². The van der Waals surface area contributed by atoms with Crippen LogP contribution in [0.1, 0.15) is 14.5 Å². The Bertz CT molecular complexity index is 295. The van der Waals surface area contributed by atoms with Gasteiger partial charge in [0.05, 0.1) is 7.11 Å². The van der Waals surface area contributed by atoms with Crippen molar-refractivity contribution in [3.05, 3.63) is 26.8 Å². The fourth-order valence-corrected chi connectivity index (χ4v) is 1.58. The zero-order chi connectivity index (χ0) is 8.97. The lowest BCUT2D eigenvalue weighted by Gasteiger charge is -1.91. The molecule has 0 spiro atoms. The molecule has 0 amide bonds. The lowest BCUT2D eigenvalue weighted by Crippen LogP contribution is -1.96. The lowest BCUT2D eigenvalue weighted by atomic mass is 10.4. The molecule has 0 fully saturated rings. The zero-order valence-electron chi connectivity index (χ0n) is 6.44.